The Kier molecular flexibility index (Phi) is 3.36. The molecule has 3 nitrogen and oxygen atoms in total. The predicted octanol–water partition coefficient (Wildman–Crippen LogP) is 3.44. The Bertz CT molecular complexity index is 543. The normalized spacial score (nSPS) is 9.94. The molecule has 2 aromatic rings. The highest BCUT2D eigenvalue weighted by Crippen LogP contribution is 2.26. The summed E-state index contributed by atoms with van der Waals surface area (Å²) in [7, 11) is 1.94. The highest BCUT2D eigenvalue weighted by atomic mass is 35.5. The second kappa shape index (κ2) is 4.94. The van der Waals surface area contributed by atoms with Crippen LogP contribution in [-0.2, 0) is 6.54 Å². The number of nitriles is 1. The number of halogens is 1. The lowest BCUT2D eigenvalue weighted by Crippen LogP contribution is -2.16. The van der Waals surface area contributed by atoms with Gasteiger partial charge in [-0.25, -0.2) is 0 Å². The summed E-state index contributed by atoms with van der Waals surface area (Å²) in [6.07, 6.45) is 3.34. The van der Waals surface area contributed by atoms with E-state index in [2.05, 4.69) is 6.07 Å². The van der Waals surface area contributed by atoms with E-state index in [0.29, 0.717) is 17.1 Å². The molecule has 4 heteroatoms. The molecule has 0 aliphatic heterocycles. The molecule has 0 N–H and O–H groups in total. The molecule has 0 fully saturated rings. The van der Waals surface area contributed by atoms with Gasteiger partial charge in [-0.3, -0.25) is 0 Å². The van der Waals surface area contributed by atoms with Crippen molar-refractivity contribution in [3.63, 3.8) is 0 Å². The van der Waals surface area contributed by atoms with Gasteiger partial charge in [0.05, 0.1) is 34.9 Å². The third-order valence-corrected chi connectivity index (χ3v) is 2.79. The summed E-state index contributed by atoms with van der Waals surface area (Å²) in [5.74, 6) is 0. The van der Waals surface area contributed by atoms with Crippen molar-refractivity contribution in [2.75, 3.05) is 11.9 Å². The highest BCUT2D eigenvalue weighted by Gasteiger charge is 2.08. The number of hydrogen-bond acceptors (Lipinski definition) is 3. The molecule has 0 atom stereocenters. The Morgan fingerprint density at radius 2 is 2.24 bits per heavy atom. The van der Waals surface area contributed by atoms with Crippen LogP contribution in [0.2, 0.25) is 5.02 Å². The van der Waals surface area contributed by atoms with E-state index in [1.165, 1.54) is 0 Å². The number of anilines is 1. The Hall–Kier alpha value is -1.92. The van der Waals surface area contributed by atoms with Gasteiger partial charge >= 0.3 is 0 Å². The molecule has 1 heterocycles. The SMILES string of the molecule is CN(Cc1ccoc1)c1ccc(C#N)cc1Cl. The first-order valence-corrected chi connectivity index (χ1v) is 5.50. The van der Waals surface area contributed by atoms with Gasteiger partial charge < -0.3 is 9.32 Å². The second-order valence-electron chi connectivity index (χ2n) is 3.77. The quantitative estimate of drug-likeness (QED) is 0.833. The number of furan rings is 1. The smallest absolute Gasteiger partial charge is 0.0992 e. The van der Waals surface area contributed by atoms with Gasteiger partial charge in [0.2, 0.25) is 0 Å². The van der Waals surface area contributed by atoms with Crippen molar-refractivity contribution in [2.24, 2.45) is 0 Å². The van der Waals surface area contributed by atoms with Crippen molar-refractivity contribution in [1.82, 2.24) is 0 Å². The maximum absolute atomic E-state index is 8.76. The van der Waals surface area contributed by atoms with Gasteiger partial charge in [-0.2, -0.15) is 5.26 Å². The van der Waals surface area contributed by atoms with Gasteiger partial charge in [0, 0.05) is 19.2 Å². The lowest BCUT2D eigenvalue weighted by Gasteiger charge is -2.19. The Morgan fingerprint density at radius 1 is 1.41 bits per heavy atom. The maximum atomic E-state index is 8.76. The van der Waals surface area contributed by atoms with Crippen molar-refractivity contribution in [3.05, 3.63) is 52.9 Å². The van der Waals surface area contributed by atoms with Crippen LogP contribution in [0.3, 0.4) is 0 Å². The van der Waals surface area contributed by atoms with E-state index in [4.69, 9.17) is 21.3 Å². The third-order valence-electron chi connectivity index (χ3n) is 2.49. The van der Waals surface area contributed by atoms with Crippen LogP contribution >= 0.6 is 11.6 Å². The van der Waals surface area contributed by atoms with Crippen LogP contribution in [0.1, 0.15) is 11.1 Å². The summed E-state index contributed by atoms with van der Waals surface area (Å²) < 4.78 is 5.02. The zero-order valence-electron chi connectivity index (χ0n) is 9.35. The average Bonchev–Trinajstić information content (AvgIpc) is 2.81. The van der Waals surface area contributed by atoms with Crippen molar-refractivity contribution >= 4 is 17.3 Å². The lowest BCUT2D eigenvalue weighted by molar-refractivity contribution is 0.563. The molecular formula is C13H11ClN2O. The molecule has 2 rings (SSSR count). The van der Waals surface area contributed by atoms with E-state index in [-0.39, 0.29) is 0 Å². The Morgan fingerprint density at radius 3 is 2.82 bits per heavy atom. The van der Waals surface area contributed by atoms with Crippen LogP contribution in [0.4, 0.5) is 5.69 Å². The van der Waals surface area contributed by atoms with Crippen LogP contribution in [0.15, 0.2) is 41.2 Å². The monoisotopic (exact) mass is 246 g/mol. The number of rotatable bonds is 3. The first-order valence-electron chi connectivity index (χ1n) is 5.12. The molecule has 0 aliphatic rings. The van der Waals surface area contributed by atoms with Gasteiger partial charge in [-0.05, 0) is 24.3 Å². The topological polar surface area (TPSA) is 40.2 Å². The molecule has 86 valence electrons. The first-order chi connectivity index (χ1) is 8.20. The van der Waals surface area contributed by atoms with Crippen molar-refractivity contribution in [3.8, 4) is 6.07 Å². The number of benzene rings is 1. The molecule has 1 aromatic heterocycles. The Balaban J connectivity index is 2.20. The van der Waals surface area contributed by atoms with Crippen molar-refractivity contribution in [1.29, 1.82) is 5.26 Å². The van der Waals surface area contributed by atoms with Gasteiger partial charge in [0.15, 0.2) is 0 Å². The summed E-state index contributed by atoms with van der Waals surface area (Å²) in [4.78, 5) is 2.01. The fourth-order valence-corrected chi connectivity index (χ4v) is 1.95. The van der Waals surface area contributed by atoms with Crippen molar-refractivity contribution in [2.45, 2.75) is 6.54 Å². The molecule has 0 bridgehead atoms. The zero-order chi connectivity index (χ0) is 12.3. The molecule has 0 amide bonds. The van der Waals surface area contributed by atoms with E-state index in [9.17, 15) is 0 Å². The average molecular weight is 247 g/mol. The van der Waals surface area contributed by atoms with Crippen LogP contribution in [0.25, 0.3) is 0 Å². The molecule has 1 aromatic carbocycles. The fourth-order valence-electron chi connectivity index (χ4n) is 1.63. The molecule has 17 heavy (non-hydrogen) atoms. The molecule has 0 spiro atoms. The van der Waals surface area contributed by atoms with Gasteiger partial charge in [0.25, 0.3) is 0 Å². The second-order valence-corrected chi connectivity index (χ2v) is 4.17. The van der Waals surface area contributed by atoms with E-state index in [1.54, 1.807) is 24.7 Å². The number of hydrogen-bond donors (Lipinski definition) is 0. The molecule has 0 radical (unpaired) electrons. The van der Waals surface area contributed by atoms with Crippen LogP contribution in [0.5, 0.6) is 0 Å². The first kappa shape index (κ1) is 11.6. The van der Waals surface area contributed by atoms with Gasteiger partial charge in [0.1, 0.15) is 0 Å². The van der Waals surface area contributed by atoms with E-state index in [0.717, 1.165) is 11.3 Å². The summed E-state index contributed by atoms with van der Waals surface area (Å²) in [5, 5.41) is 9.34. The molecule has 0 unspecified atom stereocenters. The fraction of sp³-hybridized carbons (Fsp3) is 0.154. The van der Waals surface area contributed by atoms with E-state index in [1.807, 2.05) is 24.1 Å². The van der Waals surface area contributed by atoms with Crippen molar-refractivity contribution < 1.29 is 4.42 Å². The van der Waals surface area contributed by atoms with Crippen LogP contribution in [-0.4, -0.2) is 7.05 Å². The van der Waals surface area contributed by atoms with E-state index < -0.39 is 0 Å². The highest BCUT2D eigenvalue weighted by molar-refractivity contribution is 6.33. The third kappa shape index (κ3) is 2.61. The van der Waals surface area contributed by atoms with E-state index >= 15 is 0 Å². The largest absolute Gasteiger partial charge is 0.472 e. The summed E-state index contributed by atoms with van der Waals surface area (Å²) in [6.45, 7) is 0.710. The Labute approximate surface area is 105 Å². The molecule has 0 saturated carbocycles. The number of nitrogens with zero attached hydrogens (tertiary/aromatic N) is 2. The molecular weight excluding hydrogens is 236 g/mol. The summed E-state index contributed by atoms with van der Waals surface area (Å²) in [5.41, 5.74) is 2.54. The van der Waals surface area contributed by atoms with Crippen LogP contribution in [0, 0.1) is 11.3 Å². The minimum Gasteiger partial charge on any atom is -0.472 e. The predicted molar refractivity (Wildman–Crippen MR) is 67.0 cm³/mol. The standard InChI is InChI=1S/C13H11ClN2O/c1-16(8-11-4-5-17-9-11)13-3-2-10(7-15)6-12(13)14/h2-6,9H,8H2,1H3. The summed E-state index contributed by atoms with van der Waals surface area (Å²) in [6, 6.07) is 9.25. The minimum absolute atomic E-state index is 0.565. The molecule has 0 saturated heterocycles. The van der Waals surface area contributed by atoms with Gasteiger partial charge in [-0.15, -0.1) is 0 Å². The molecule has 0 aliphatic carbocycles. The summed E-state index contributed by atoms with van der Waals surface area (Å²) >= 11 is 6.13. The van der Waals surface area contributed by atoms with Gasteiger partial charge in [-0.1, -0.05) is 11.6 Å². The lowest BCUT2D eigenvalue weighted by atomic mass is 10.2. The van der Waals surface area contributed by atoms with Crippen LogP contribution < -0.4 is 4.90 Å². The maximum Gasteiger partial charge on any atom is 0.0992 e. The zero-order valence-corrected chi connectivity index (χ0v) is 10.1. The minimum atomic E-state index is 0.565.